The minimum Gasteiger partial charge on any atom is -0.267 e. The Morgan fingerprint density at radius 3 is 2.78 bits per heavy atom. The molecular formula is C13H11BrN2OS. The van der Waals surface area contributed by atoms with Crippen LogP contribution in [0.15, 0.2) is 46.0 Å². The summed E-state index contributed by atoms with van der Waals surface area (Å²) in [6, 6.07) is 11.2. The minimum atomic E-state index is -0.230. The van der Waals surface area contributed by atoms with Crippen molar-refractivity contribution >= 4 is 39.4 Å². The van der Waals surface area contributed by atoms with Gasteiger partial charge in [-0.25, -0.2) is 5.43 Å². The van der Waals surface area contributed by atoms with Crippen molar-refractivity contribution in [1.29, 1.82) is 0 Å². The Hall–Kier alpha value is -1.46. The molecule has 1 N–H and O–H groups in total. The maximum Gasteiger partial charge on any atom is 0.272 e. The molecule has 0 aliphatic carbocycles. The standard InChI is InChI=1S/C13H11BrN2OS/c1-9-6-7-10(18-9)8-15-16-13(17)11-4-2-3-5-12(11)14/h2-8H,1H3,(H,16,17)/b15-8-. The van der Waals surface area contributed by atoms with Gasteiger partial charge in [0.2, 0.25) is 0 Å². The number of carbonyl (C=O) groups is 1. The van der Waals surface area contributed by atoms with E-state index in [1.54, 1.807) is 23.6 Å². The molecule has 18 heavy (non-hydrogen) atoms. The van der Waals surface area contributed by atoms with Crippen molar-refractivity contribution in [1.82, 2.24) is 5.43 Å². The largest absolute Gasteiger partial charge is 0.272 e. The van der Waals surface area contributed by atoms with E-state index in [-0.39, 0.29) is 5.91 Å². The molecule has 0 aliphatic rings. The molecule has 5 heteroatoms. The molecule has 0 saturated heterocycles. The van der Waals surface area contributed by atoms with Crippen LogP contribution in [-0.2, 0) is 0 Å². The number of thiophene rings is 1. The number of nitrogens with zero attached hydrogens (tertiary/aromatic N) is 1. The maximum absolute atomic E-state index is 11.8. The number of hydrogen-bond donors (Lipinski definition) is 1. The van der Waals surface area contributed by atoms with Crippen LogP contribution in [0, 0.1) is 6.92 Å². The molecule has 0 unspecified atom stereocenters. The van der Waals surface area contributed by atoms with Gasteiger partial charge >= 0.3 is 0 Å². The van der Waals surface area contributed by atoms with Crippen LogP contribution in [-0.4, -0.2) is 12.1 Å². The van der Waals surface area contributed by atoms with E-state index >= 15 is 0 Å². The summed E-state index contributed by atoms with van der Waals surface area (Å²) < 4.78 is 0.754. The van der Waals surface area contributed by atoms with Crippen molar-refractivity contribution in [2.75, 3.05) is 0 Å². The zero-order chi connectivity index (χ0) is 13.0. The molecule has 1 heterocycles. The van der Waals surface area contributed by atoms with Gasteiger partial charge in [-0.05, 0) is 47.1 Å². The topological polar surface area (TPSA) is 41.5 Å². The lowest BCUT2D eigenvalue weighted by Gasteiger charge is -2.01. The van der Waals surface area contributed by atoms with E-state index in [0.29, 0.717) is 5.56 Å². The molecule has 0 radical (unpaired) electrons. The highest BCUT2D eigenvalue weighted by Crippen LogP contribution is 2.15. The maximum atomic E-state index is 11.8. The van der Waals surface area contributed by atoms with Gasteiger partial charge in [-0.3, -0.25) is 4.79 Å². The van der Waals surface area contributed by atoms with E-state index in [9.17, 15) is 4.79 Å². The molecule has 1 aromatic heterocycles. The quantitative estimate of drug-likeness (QED) is 0.681. The predicted octanol–water partition coefficient (Wildman–Crippen LogP) is 3.58. The van der Waals surface area contributed by atoms with Gasteiger partial charge in [0.1, 0.15) is 0 Å². The number of benzene rings is 1. The Bertz CT molecular complexity index is 592. The van der Waals surface area contributed by atoms with Crippen LogP contribution >= 0.6 is 27.3 Å². The van der Waals surface area contributed by atoms with Gasteiger partial charge < -0.3 is 0 Å². The van der Waals surface area contributed by atoms with Gasteiger partial charge in [-0.15, -0.1) is 11.3 Å². The third-order valence-corrected chi connectivity index (χ3v) is 3.86. The number of nitrogens with one attached hydrogen (secondary N) is 1. The van der Waals surface area contributed by atoms with Crippen molar-refractivity contribution in [2.45, 2.75) is 6.92 Å². The highest BCUT2D eigenvalue weighted by molar-refractivity contribution is 9.10. The number of rotatable bonds is 3. The fourth-order valence-corrected chi connectivity index (χ4v) is 2.60. The third kappa shape index (κ3) is 3.27. The summed E-state index contributed by atoms with van der Waals surface area (Å²) in [6.45, 7) is 2.03. The lowest BCUT2D eigenvalue weighted by Crippen LogP contribution is -2.17. The van der Waals surface area contributed by atoms with Crippen molar-refractivity contribution in [3.05, 3.63) is 56.2 Å². The fraction of sp³-hybridized carbons (Fsp3) is 0.0769. The second kappa shape index (κ2) is 5.93. The van der Waals surface area contributed by atoms with E-state index in [1.165, 1.54) is 4.88 Å². The number of hydrogen-bond acceptors (Lipinski definition) is 3. The van der Waals surface area contributed by atoms with Crippen molar-refractivity contribution in [2.24, 2.45) is 5.10 Å². The molecule has 1 aromatic carbocycles. The molecule has 0 spiro atoms. The first kappa shape index (κ1) is 13.0. The van der Waals surface area contributed by atoms with E-state index in [1.807, 2.05) is 37.3 Å². The summed E-state index contributed by atoms with van der Waals surface area (Å²) >= 11 is 4.95. The molecule has 0 saturated carbocycles. The average molecular weight is 323 g/mol. The van der Waals surface area contributed by atoms with Crippen LogP contribution in [0.3, 0.4) is 0 Å². The van der Waals surface area contributed by atoms with Gasteiger partial charge in [0.15, 0.2) is 0 Å². The van der Waals surface area contributed by atoms with Crippen LogP contribution in [0.25, 0.3) is 0 Å². The predicted molar refractivity (Wildman–Crippen MR) is 78.3 cm³/mol. The van der Waals surface area contributed by atoms with E-state index in [4.69, 9.17) is 0 Å². The van der Waals surface area contributed by atoms with Gasteiger partial charge in [-0.2, -0.15) is 5.10 Å². The number of halogens is 1. The first-order valence-electron chi connectivity index (χ1n) is 5.31. The Kier molecular flexibility index (Phi) is 4.28. The molecule has 0 aliphatic heterocycles. The Balaban J connectivity index is 2.01. The Morgan fingerprint density at radius 2 is 2.11 bits per heavy atom. The van der Waals surface area contributed by atoms with Crippen LogP contribution in [0.5, 0.6) is 0 Å². The molecule has 1 amide bonds. The molecule has 3 nitrogen and oxygen atoms in total. The van der Waals surface area contributed by atoms with Crippen LogP contribution < -0.4 is 5.43 Å². The normalized spacial score (nSPS) is 10.8. The molecule has 0 bridgehead atoms. The molecule has 2 rings (SSSR count). The monoisotopic (exact) mass is 322 g/mol. The average Bonchev–Trinajstić information content (AvgIpc) is 2.75. The molecule has 0 atom stereocenters. The number of hydrazone groups is 1. The number of carbonyl (C=O) groups excluding carboxylic acids is 1. The zero-order valence-electron chi connectivity index (χ0n) is 9.68. The molecule has 92 valence electrons. The third-order valence-electron chi connectivity index (χ3n) is 2.24. The number of amides is 1. The zero-order valence-corrected chi connectivity index (χ0v) is 12.1. The van der Waals surface area contributed by atoms with Crippen molar-refractivity contribution < 1.29 is 4.79 Å². The van der Waals surface area contributed by atoms with Crippen molar-refractivity contribution in [3.8, 4) is 0 Å². The smallest absolute Gasteiger partial charge is 0.267 e. The summed E-state index contributed by atoms with van der Waals surface area (Å²) in [7, 11) is 0. The Labute approximate surface area is 118 Å². The van der Waals surface area contributed by atoms with E-state index in [0.717, 1.165) is 9.35 Å². The van der Waals surface area contributed by atoms with Crippen LogP contribution in [0.1, 0.15) is 20.1 Å². The van der Waals surface area contributed by atoms with Crippen molar-refractivity contribution in [3.63, 3.8) is 0 Å². The van der Waals surface area contributed by atoms with Crippen LogP contribution in [0.2, 0.25) is 0 Å². The van der Waals surface area contributed by atoms with Gasteiger partial charge in [0.05, 0.1) is 11.8 Å². The summed E-state index contributed by atoms with van der Waals surface area (Å²) in [5, 5.41) is 3.94. The minimum absolute atomic E-state index is 0.230. The second-order valence-corrected chi connectivity index (χ2v) is 5.80. The fourth-order valence-electron chi connectivity index (χ4n) is 1.38. The molecule has 0 fully saturated rings. The highest BCUT2D eigenvalue weighted by Gasteiger charge is 2.07. The number of aryl methyl sites for hydroxylation is 1. The molecule has 2 aromatic rings. The summed E-state index contributed by atoms with van der Waals surface area (Å²) in [4.78, 5) is 14.0. The van der Waals surface area contributed by atoms with Crippen LogP contribution in [0.4, 0.5) is 0 Å². The second-order valence-electron chi connectivity index (χ2n) is 3.63. The summed E-state index contributed by atoms with van der Waals surface area (Å²) in [5.74, 6) is -0.230. The molecular weight excluding hydrogens is 312 g/mol. The lowest BCUT2D eigenvalue weighted by molar-refractivity contribution is 0.0954. The van der Waals surface area contributed by atoms with Gasteiger partial charge in [0.25, 0.3) is 5.91 Å². The first-order chi connectivity index (χ1) is 8.66. The van der Waals surface area contributed by atoms with Gasteiger partial charge in [0, 0.05) is 14.2 Å². The summed E-state index contributed by atoms with van der Waals surface area (Å²) in [6.07, 6.45) is 1.65. The first-order valence-corrected chi connectivity index (χ1v) is 6.92. The van der Waals surface area contributed by atoms with E-state index in [2.05, 4.69) is 26.5 Å². The SMILES string of the molecule is Cc1ccc(/C=N\NC(=O)c2ccccc2Br)s1. The Morgan fingerprint density at radius 1 is 1.33 bits per heavy atom. The summed E-state index contributed by atoms with van der Waals surface area (Å²) in [5.41, 5.74) is 3.07. The van der Waals surface area contributed by atoms with Gasteiger partial charge in [-0.1, -0.05) is 12.1 Å². The lowest BCUT2D eigenvalue weighted by atomic mass is 10.2. The van der Waals surface area contributed by atoms with E-state index < -0.39 is 0 Å². The highest BCUT2D eigenvalue weighted by atomic mass is 79.9.